The van der Waals surface area contributed by atoms with E-state index in [-0.39, 0.29) is 0 Å². The molecule has 200 valence electrons. The first kappa shape index (κ1) is 27.9. The van der Waals surface area contributed by atoms with Crippen LogP contribution in [0.25, 0.3) is 11.1 Å². The third kappa shape index (κ3) is 7.46. The van der Waals surface area contributed by atoms with Crippen molar-refractivity contribution < 1.29 is 9.47 Å². The normalized spacial score (nSPS) is 22.1. The van der Waals surface area contributed by atoms with Gasteiger partial charge in [0.2, 0.25) is 0 Å². The van der Waals surface area contributed by atoms with E-state index in [2.05, 4.69) is 38.9 Å². The van der Waals surface area contributed by atoms with Gasteiger partial charge in [-0.3, -0.25) is 0 Å². The number of nitrogens with one attached hydrogen (secondary N) is 3. The molecule has 2 aromatic rings. The Hall–Kier alpha value is -2.15. The number of hydrogen-bond donors (Lipinski definition) is 3. The largest absolute Gasteiger partial charge is 0.383 e. The molecule has 1 saturated heterocycles. The molecule has 2 aromatic heterocycles. The van der Waals surface area contributed by atoms with Crippen LogP contribution in [-0.2, 0) is 9.47 Å². The summed E-state index contributed by atoms with van der Waals surface area (Å²) < 4.78 is 10.7. The number of rotatable bonds is 10. The summed E-state index contributed by atoms with van der Waals surface area (Å²) in [6, 6.07) is 7.57. The fourth-order valence-electron chi connectivity index (χ4n) is 5.13. The molecule has 0 aromatic carbocycles. The molecule has 0 bridgehead atoms. The molecule has 37 heavy (non-hydrogen) atoms. The SMILES string of the molecule is COC[C@@H](C)NC1CCC(Nc2cc(-c3cc(NCC4(C#N)CCOCC4)cnc3Cl)c(Cl)cn2)CC1. The van der Waals surface area contributed by atoms with E-state index in [4.69, 9.17) is 32.7 Å². The quantitative estimate of drug-likeness (QED) is 0.334. The van der Waals surface area contributed by atoms with E-state index in [1.54, 1.807) is 19.5 Å². The van der Waals surface area contributed by atoms with Gasteiger partial charge >= 0.3 is 0 Å². The maximum absolute atomic E-state index is 9.75. The second kappa shape index (κ2) is 13.1. The maximum Gasteiger partial charge on any atom is 0.137 e. The lowest BCUT2D eigenvalue weighted by Crippen LogP contribution is -2.42. The highest BCUT2D eigenvalue weighted by atomic mass is 35.5. The zero-order valence-corrected chi connectivity index (χ0v) is 23.0. The predicted molar refractivity (Wildman–Crippen MR) is 148 cm³/mol. The third-order valence-electron chi connectivity index (χ3n) is 7.32. The number of pyridine rings is 2. The molecule has 8 nitrogen and oxygen atoms in total. The Balaban J connectivity index is 1.41. The van der Waals surface area contributed by atoms with Crippen LogP contribution in [0, 0.1) is 16.7 Å². The zero-order chi connectivity index (χ0) is 26.3. The first-order chi connectivity index (χ1) is 17.9. The van der Waals surface area contributed by atoms with E-state index in [0.29, 0.717) is 60.9 Å². The number of anilines is 2. The first-order valence-electron chi connectivity index (χ1n) is 13.0. The molecule has 0 radical (unpaired) electrons. The third-order valence-corrected chi connectivity index (χ3v) is 7.92. The van der Waals surface area contributed by atoms with Gasteiger partial charge in [0, 0.05) is 62.3 Å². The maximum atomic E-state index is 9.75. The van der Waals surface area contributed by atoms with Gasteiger partial charge in [-0.25, -0.2) is 9.97 Å². The van der Waals surface area contributed by atoms with Crippen LogP contribution in [-0.4, -0.2) is 61.6 Å². The van der Waals surface area contributed by atoms with Crippen molar-refractivity contribution in [2.75, 3.05) is 44.1 Å². The standard InChI is InChI=1S/C27H36Cl2N6O2/c1-18(15-36-2)34-19-3-5-20(6-4-19)35-25-12-22(24(28)14-31-25)23-11-21(13-32-26(23)29)33-17-27(16-30)7-9-37-10-8-27/h11-14,18-20,33-34H,3-10,15,17H2,1-2H3,(H,31,35)/t18-,19?,20?/m1/s1. The summed E-state index contributed by atoms with van der Waals surface area (Å²) in [5.74, 6) is 0.767. The van der Waals surface area contributed by atoms with Gasteiger partial charge in [0.15, 0.2) is 0 Å². The number of methoxy groups -OCH3 is 1. The lowest BCUT2D eigenvalue weighted by molar-refractivity contribution is 0.0456. The number of aromatic nitrogens is 2. The van der Waals surface area contributed by atoms with Crippen molar-refractivity contribution in [2.45, 2.75) is 63.6 Å². The van der Waals surface area contributed by atoms with Crippen LogP contribution >= 0.6 is 23.2 Å². The van der Waals surface area contributed by atoms with Crippen molar-refractivity contribution in [1.82, 2.24) is 15.3 Å². The van der Waals surface area contributed by atoms with Crippen LogP contribution in [0.4, 0.5) is 11.5 Å². The van der Waals surface area contributed by atoms with E-state index in [1.165, 1.54) is 0 Å². The molecule has 1 aliphatic carbocycles. The molecule has 0 spiro atoms. The van der Waals surface area contributed by atoms with Crippen molar-refractivity contribution in [2.24, 2.45) is 5.41 Å². The molecule has 4 rings (SSSR count). The Morgan fingerprint density at radius 2 is 1.84 bits per heavy atom. The highest BCUT2D eigenvalue weighted by Gasteiger charge is 2.32. The van der Waals surface area contributed by atoms with Gasteiger partial charge in [0.25, 0.3) is 0 Å². The van der Waals surface area contributed by atoms with Crippen molar-refractivity contribution in [3.63, 3.8) is 0 Å². The Morgan fingerprint density at radius 1 is 1.11 bits per heavy atom. The molecule has 0 unspecified atom stereocenters. The number of ether oxygens (including phenoxy) is 2. The first-order valence-corrected chi connectivity index (χ1v) is 13.7. The van der Waals surface area contributed by atoms with Crippen LogP contribution in [0.2, 0.25) is 10.2 Å². The summed E-state index contributed by atoms with van der Waals surface area (Å²) in [4.78, 5) is 8.90. The fraction of sp³-hybridized carbons (Fsp3) is 0.593. The van der Waals surface area contributed by atoms with E-state index in [9.17, 15) is 5.26 Å². The number of nitrogens with zero attached hydrogens (tertiary/aromatic N) is 3. The highest BCUT2D eigenvalue weighted by molar-refractivity contribution is 6.36. The van der Waals surface area contributed by atoms with Crippen LogP contribution < -0.4 is 16.0 Å². The zero-order valence-electron chi connectivity index (χ0n) is 21.5. The Labute approximate surface area is 229 Å². The van der Waals surface area contributed by atoms with Crippen LogP contribution in [0.5, 0.6) is 0 Å². The van der Waals surface area contributed by atoms with Gasteiger partial charge in [-0.05, 0) is 57.6 Å². The molecule has 3 heterocycles. The molecule has 0 amide bonds. The summed E-state index contributed by atoms with van der Waals surface area (Å²) in [5.41, 5.74) is 1.83. The second-order valence-corrected chi connectivity index (χ2v) is 11.0. The van der Waals surface area contributed by atoms with Crippen molar-refractivity contribution in [3.05, 3.63) is 34.7 Å². The monoisotopic (exact) mass is 546 g/mol. The molecular formula is C27H36Cl2N6O2. The summed E-state index contributed by atoms with van der Waals surface area (Å²) in [7, 11) is 1.74. The topological polar surface area (TPSA) is 104 Å². The Kier molecular flexibility index (Phi) is 9.85. The van der Waals surface area contributed by atoms with Crippen molar-refractivity contribution >= 4 is 34.7 Å². The average molecular weight is 548 g/mol. The van der Waals surface area contributed by atoms with Gasteiger partial charge in [-0.2, -0.15) is 5.26 Å². The highest BCUT2D eigenvalue weighted by Crippen LogP contribution is 2.36. The van der Waals surface area contributed by atoms with Gasteiger partial charge in [-0.1, -0.05) is 23.2 Å². The van der Waals surface area contributed by atoms with Crippen molar-refractivity contribution in [1.29, 1.82) is 5.26 Å². The van der Waals surface area contributed by atoms with E-state index in [1.807, 2.05) is 12.1 Å². The lowest BCUT2D eigenvalue weighted by atomic mass is 9.81. The van der Waals surface area contributed by atoms with Crippen LogP contribution in [0.1, 0.15) is 45.4 Å². The van der Waals surface area contributed by atoms with E-state index < -0.39 is 5.41 Å². The van der Waals surface area contributed by atoms with Crippen LogP contribution in [0.15, 0.2) is 24.5 Å². The average Bonchev–Trinajstić information content (AvgIpc) is 2.91. The van der Waals surface area contributed by atoms with Gasteiger partial charge in [0.05, 0.1) is 35.0 Å². The molecule has 1 saturated carbocycles. The molecule has 1 aliphatic heterocycles. The molecule has 10 heteroatoms. The summed E-state index contributed by atoms with van der Waals surface area (Å²) >= 11 is 13.1. The predicted octanol–water partition coefficient (Wildman–Crippen LogP) is 5.53. The summed E-state index contributed by atoms with van der Waals surface area (Å²) in [6.07, 6.45) is 9.08. The Bertz CT molecular complexity index is 1080. The summed E-state index contributed by atoms with van der Waals surface area (Å²) in [6.45, 7) is 4.61. The van der Waals surface area contributed by atoms with Gasteiger partial charge < -0.3 is 25.4 Å². The minimum Gasteiger partial charge on any atom is -0.383 e. The summed E-state index contributed by atoms with van der Waals surface area (Å²) in [5, 5.41) is 21.2. The Morgan fingerprint density at radius 3 is 2.54 bits per heavy atom. The van der Waals surface area contributed by atoms with Gasteiger partial charge in [-0.15, -0.1) is 0 Å². The van der Waals surface area contributed by atoms with E-state index >= 15 is 0 Å². The smallest absolute Gasteiger partial charge is 0.137 e. The molecule has 3 N–H and O–H groups in total. The molecule has 1 atom stereocenters. The number of halogens is 2. The lowest BCUT2D eigenvalue weighted by Gasteiger charge is -2.32. The molecular weight excluding hydrogens is 511 g/mol. The minimum absolute atomic E-state index is 0.348. The number of nitriles is 1. The second-order valence-electron chi connectivity index (χ2n) is 10.2. The van der Waals surface area contributed by atoms with Crippen LogP contribution in [0.3, 0.4) is 0 Å². The molecule has 2 fully saturated rings. The van der Waals surface area contributed by atoms with Crippen molar-refractivity contribution in [3.8, 4) is 17.2 Å². The van der Waals surface area contributed by atoms with E-state index in [0.717, 1.165) is 54.9 Å². The number of hydrogen-bond acceptors (Lipinski definition) is 8. The molecule has 2 aliphatic rings. The van der Waals surface area contributed by atoms with Gasteiger partial charge in [0.1, 0.15) is 11.0 Å². The fourth-order valence-corrected chi connectivity index (χ4v) is 5.54. The minimum atomic E-state index is -0.445.